The van der Waals surface area contributed by atoms with Crippen molar-refractivity contribution >= 4 is 19.8 Å². The van der Waals surface area contributed by atoms with Gasteiger partial charge in [0.25, 0.3) is 0 Å². The highest BCUT2D eigenvalue weighted by molar-refractivity contribution is 7.46. The molecule has 51 heavy (non-hydrogen) atoms. The van der Waals surface area contributed by atoms with Gasteiger partial charge in [-0.05, 0) is 90.4 Å². The van der Waals surface area contributed by atoms with Crippen molar-refractivity contribution in [3.05, 3.63) is 72.9 Å². The normalized spacial score (nSPS) is 13.9. The molecule has 0 rings (SSSR count). The van der Waals surface area contributed by atoms with Crippen LogP contribution in [0.2, 0.25) is 0 Å². The Morgan fingerprint density at radius 1 is 0.608 bits per heavy atom. The van der Waals surface area contributed by atoms with Crippen molar-refractivity contribution in [2.45, 2.75) is 161 Å². The van der Waals surface area contributed by atoms with Gasteiger partial charge in [-0.15, -0.1) is 0 Å². The fourth-order valence-electron chi connectivity index (χ4n) is 4.84. The highest BCUT2D eigenvalue weighted by Crippen LogP contribution is 2.35. The number of hydrogen-bond acceptors (Lipinski definition) is 7. The molecule has 0 aliphatic carbocycles. The van der Waals surface area contributed by atoms with Crippen LogP contribution in [-0.2, 0) is 28.2 Å². The van der Waals surface area contributed by atoms with E-state index < -0.39 is 32.5 Å². The fourth-order valence-corrected chi connectivity index (χ4v) is 5.20. The summed E-state index contributed by atoms with van der Waals surface area (Å²) in [7, 11) is -4.78. The summed E-state index contributed by atoms with van der Waals surface area (Å²) in [5, 5.41) is 9.24. The molecule has 0 aromatic carbocycles. The Morgan fingerprint density at radius 3 is 1.67 bits per heavy atom. The number of phosphoric acid groups is 1. The van der Waals surface area contributed by atoms with Crippen LogP contribution in [0, 0.1) is 0 Å². The molecular formula is C41H69O9P. The number of unbranched alkanes of at least 4 members (excludes halogenated alkanes) is 11. The molecular weight excluding hydrogens is 667 g/mol. The van der Waals surface area contributed by atoms with Crippen molar-refractivity contribution < 1.29 is 43.0 Å². The monoisotopic (exact) mass is 736 g/mol. The minimum absolute atomic E-state index is 0.117. The van der Waals surface area contributed by atoms with Gasteiger partial charge >= 0.3 is 19.8 Å². The molecule has 0 heterocycles. The van der Waals surface area contributed by atoms with E-state index in [2.05, 4.69) is 72.2 Å². The second kappa shape index (κ2) is 35.8. The zero-order chi connectivity index (χ0) is 37.7. The Labute approximate surface area is 309 Å². The number of allylic oxidation sites excluding steroid dienone is 12. The third kappa shape index (κ3) is 40.1. The van der Waals surface area contributed by atoms with E-state index >= 15 is 0 Å². The Bertz CT molecular complexity index is 1070. The standard InChI is InChI=1S/C41H69O9P/c1-3-4-5-6-7-8-9-10-12-16-19-22-25-28-31-34-40(43)48-36-39(37-49-51(45,46)47)50-41(44)35-32-29-26-23-20-17-14-11-13-15-18-21-24-27-30-33-38(2)42/h8-10,12-15,17,21,23-24,26,38-39,42H,3-7,11,16,18-20,22,25,27-37H2,1-2H3,(H2,45,46,47)/b9-8-,12-10-,15-13-,17-14-,24-21-,26-23-/t38-,39+/m0/s1. The third-order valence-electron chi connectivity index (χ3n) is 7.74. The summed E-state index contributed by atoms with van der Waals surface area (Å²) in [6.45, 7) is 3.14. The van der Waals surface area contributed by atoms with E-state index in [0.717, 1.165) is 77.0 Å². The SMILES string of the molecule is CCCCCC/C=C\C=C/CCCCCCCC(=O)OC[C@H](COP(=O)(O)O)OC(=O)CCC/C=C\C/C=C\C/C=C\C/C=C\CCC[C@H](C)O. The molecule has 0 saturated heterocycles. The van der Waals surface area contributed by atoms with Crippen LogP contribution in [0.15, 0.2) is 72.9 Å². The summed E-state index contributed by atoms with van der Waals surface area (Å²) in [6, 6.07) is 0. The Hall–Kier alpha value is -2.55. The maximum absolute atomic E-state index is 12.3. The molecule has 9 nitrogen and oxygen atoms in total. The largest absolute Gasteiger partial charge is 0.469 e. The van der Waals surface area contributed by atoms with Gasteiger partial charge in [-0.25, -0.2) is 4.57 Å². The Morgan fingerprint density at radius 2 is 1.10 bits per heavy atom. The van der Waals surface area contributed by atoms with Gasteiger partial charge in [-0.3, -0.25) is 14.1 Å². The van der Waals surface area contributed by atoms with Crippen LogP contribution in [-0.4, -0.2) is 52.3 Å². The summed E-state index contributed by atoms with van der Waals surface area (Å²) >= 11 is 0. The van der Waals surface area contributed by atoms with E-state index in [1.165, 1.54) is 25.7 Å². The predicted molar refractivity (Wildman–Crippen MR) is 208 cm³/mol. The lowest BCUT2D eigenvalue weighted by Gasteiger charge is -2.18. The number of esters is 2. The maximum atomic E-state index is 12.3. The van der Waals surface area contributed by atoms with E-state index in [0.29, 0.717) is 19.3 Å². The average molecular weight is 737 g/mol. The van der Waals surface area contributed by atoms with Gasteiger partial charge in [0.05, 0.1) is 12.7 Å². The Balaban J connectivity index is 4.11. The van der Waals surface area contributed by atoms with Crippen LogP contribution >= 0.6 is 7.82 Å². The second-order valence-corrected chi connectivity index (χ2v) is 14.1. The molecule has 0 saturated carbocycles. The molecule has 0 aromatic rings. The van der Waals surface area contributed by atoms with Gasteiger partial charge in [0, 0.05) is 12.8 Å². The zero-order valence-corrected chi connectivity index (χ0v) is 32.5. The number of carbonyl (C=O) groups excluding carboxylic acids is 2. The quantitative estimate of drug-likeness (QED) is 0.0194. The summed E-state index contributed by atoms with van der Waals surface area (Å²) in [4.78, 5) is 42.7. The number of aliphatic hydroxyl groups is 1. The number of carbonyl (C=O) groups is 2. The molecule has 0 radical (unpaired) electrons. The first-order valence-corrected chi connectivity index (χ1v) is 20.8. The molecule has 2 atom stereocenters. The molecule has 0 spiro atoms. The van der Waals surface area contributed by atoms with Crippen LogP contribution in [0.4, 0.5) is 0 Å². The molecule has 0 bridgehead atoms. The smallest absolute Gasteiger partial charge is 0.462 e. The van der Waals surface area contributed by atoms with Gasteiger partial charge < -0.3 is 24.4 Å². The number of aliphatic hydroxyl groups excluding tert-OH is 1. The second-order valence-electron chi connectivity index (χ2n) is 12.9. The minimum Gasteiger partial charge on any atom is -0.462 e. The molecule has 0 aromatic heterocycles. The summed E-state index contributed by atoms with van der Waals surface area (Å²) < 4.78 is 26.2. The van der Waals surface area contributed by atoms with Crippen LogP contribution in [0.3, 0.4) is 0 Å². The van der Waals surface area contributed by atoms with Gasteiger partial charge in [0.15, 0.2) is 6.10 Å². The lowest BCUT2D eigenvalue weighted by atomic mass is 10.1. The van der Waals surface area contributed by atoms with Crippen LogP contribution in [0.1, 0.15) is 149 Å². The molecule has 292 valence electrons. The van der Waals surface area contributed by atoms with Crippen LogP contribution in [0.5, 0.6) is 0 Å². The average Bonchev–Trinajstić information content (AvgIpc) is 3.08. The molecule has 10 heteroatoms. The number of phosphoric ester groups is 1. The molecule has 3 N–H and O–H groups in total. The highest BCUT2D eigenvalue weighted by atomic mass is 31.2. The van der Waals surface area contributed by atoms with Crippen molar-refractivity contribution in [3.63, 3.8) is 0 Å². The molecule has 0 aliphatic heterocycles. The first-order valence-electron chi connectivity index (χ1n) is 19.3. The summed E-state index contributed by atoms with van der Waals surface area (Å²) in [5.41, 5.74) is 0. The van der Waals surface area contributed by atoms with E-state index in [1.54, 1.807) is 0 Å². The molecule has 0 fully saturated rings. The van der Waals surface area contributed by atoms with Crippen molar-refractivity contribution in [3.8, 4) is 0 Å². The summed E-state index contributed by atoms with van der Waals surface area (Å²) in [5.74, 6) is -0.992. The molecule has 0 aliphatic rings. The fraction of sp³-hybridized carbons (Fsp3) is 0.659. The number of ether oxygens (including phenoxy) is 2. The first kappa shape index (κ1) is 48.5. The Kier molecular flexibility index (Phi) is 34.0. The predicted octanol–water partition coefficient (Wildman–Crippen LogP) is 10.5. The molecule has 0 amide bonds. The first-order chi connectivity index (χ1) is 24.6. The van der Waals surface area contributed by atoms with Crippen LogP contribution < -0.4 is 0 Å². The van der Waals surface area contributed by atoms with E-state index in [4.69, 9.17) is 19.3 Å². The molecule has 0 unspecified atom stereocenters. The van der Waals surface area contributed by atoms with Crippen molar-refractivity contribution in [2.75, 3.05) is 13.2 Å². The maximum Gasteiger partial charge on any atom is 0.469 e. The number of hydrogen-bond donors (Lipinski definition) is 3. The third-order valence-corrected chi connectivity index (χ3v) is 8.23. The minimum atomic E-state index is -4.78. The van der Waals surface area contributed by atoms with Gasteiger partial charge in [0.1, 0.15) is 6.61 Å². The number of rotatable bonds is 34. The summed E-state index contributed by atoms with van der Waals surface area (Å²) in [6.07, 6.45) is 43.3. The van der Waals surface area contributed by atoms with Gasteiger partial charge in [0.2, 0.25) is 0 Å². The van der Waals surface area contributed by atoms with E-state index in [-0.39, 0.29) is 25.6 Å². The van der Waals surface area contributed by atoms with Crippen molar-refractivity contribution in [1.82, 2.24) is 0 Å². The van der Waals surface area contributed by atoms with Crippen molar-refractivity contribution in [2.24, 2.45) is 0 Å². The lowest BCUT2D eigenvalue weighted by molar-refractivity contribution is -0.161. The van der Waals surface area contributed by atoms with Crippen molar-refractivity contribution in [1.29, 1.82) is 0 Å². The van der Waals surface area contributed by atoms with Crippen LogP contribution in [0.25, 0.3) is 0 Å². The van der Waals surface area contributed by atoms with Gasteiger partial charge in [-0.2, -0.15) is 0 Å². The van der Waals surface area contributed by atoms with E-state index in [1.807, 2.05) is 19.1 Å². The lowest BCUT2D eigenvalue weighted by Crippen LogP contribution is -2.29. The highest BCUT2D eigenvalue weighted by Gasteiger charge is 2.22. The van der Waals surface area contributed by atoms with Gasteiger partial charge in [-0.1, -0.05) is 118 Å². The topological polar surface area (TPSA) is 140 Å². The van der Waals surface area contributed by atoms with E-state index in [9.17, 15) is 19.3 Å². The zero-order valence-electron chi connectivity index (χ0n) is 31.6.